The average Bonchev–Trinajstić information content (AvgIpc) is 0.768. The van der Waals surface area contributed by atoms with E-state index in [-0.39, 0.29) is 24.7 Å². The first-order valence-electron chi connectivity index (χ1n) is 52.8. The first kappa shape index (κ1) is 16.4. The Morgan fingerprint density at radius 2 is 1.00 bits per heavy atom. The molecule has 12 nitrogen and oxygen atoms in total. The van der Waals surface area contributed by atoms with E-state index in [1.165, 1.54) is 13.8 Å². The second-order valence-electron chi connectivity index (χ2n) is 15.0. The molecule has 0 aliphatic carbocycles. The molecule has 6 heterocycles. The third kappa shape index (κ3) is 13.4. The number of hydrogen-bond donors (Lipinski definition) is 0. The smallest absolute Gasteiger partial charge is 0.161 e. The number of nitrogens with zero attached hydrogens (tertiary/aromatic N) is 3. The van der Waals surface area contributed by atoms with Crippen LogP contribution < -0.4 is 28.4 Å². The van der Waals surface area contributed by atoms with E-state index in [1.807, 2.05) is 0 Å². The van der Waals surface area contributed by atoms with Crippen molar-refractivity contribution in [3.63, 3.8) is 0 Å². The SMILES string of the molecule is C.C.[2H]c1c(OC([2H])([2H])[2H])c(OC([2H])([2H])[2H])c([2H])c2c1C([2H])([2H])C([2H])([2H])N1C([2H])([2H])C([2H])(C([2H])([2H])C([2H])(C([2H])([2H])[2H])C([2H])([2H])C)C(=O)C([2H])([2H])C21[2H].[2H]c1c(OC([2H])([2H])[2H])c(OC([2H])([2H])[2H])c([2H])c2c1C([2H])([2H])C([2H])([2H])N1C([2H])([2H])C([2H])(CC(C)C)C(=O)C([2H])([2H])C21[2H].[2H]c1c(OC([2H])([2H])[2H])c(OC([2H])([2H])[2H])c([2H])c2c1C1([2H])CC(=O)C(C([2H])([2H])C([2H])(C([2H])([2H])[2H])C([2H])([2H])C)CN1C([2H])([2H])C2([2H])[2H]. The number of methoxy groups -OCH3 is 6. The molecule has 73 heavy (non-hydrogen) atoms. The van der Waals surface area contributed by atoms with E-state index in [0.717, 1.165) is 0 Å². The molecule has 0 saturated carbocycles. The molecule has 6 aliphatic rings. The largest absolute Gasteiger partial charge is 0.493 e. The van der Waals surface area contributed by atoms with Crippen molar-refractivity contribution in [1.29, 1.82) is 0 Å². The van der Waals surface area contributed by atoms with Crippen LogP contribution in [0.1, 0.15) is 248 Å². The highest BCUT2D eigenvalue weighted by molar-refractivity contribution is 5.84. The number of benzene rings is 3. The fourth-order valence-electron chi connectivity index (χ4n) is 6.78. The van der Waals surface area contributed by atoms with Gasteiger partial charge >= 0.3 is 0 Å². The van der Waals surface area contributed by atoms with Crippen LogP contribution in [0.4, 0.5) is 0 Å². The highest BCUT2D eigenvalue weighted by atomic mass is 16.5. The molecule has 0 bridgehead atoms. The number of ether oxygens (including phenoxy) is 6. The van der Waals surface area contributed by atoms with Crippen molar-refractivity contribution in [1.82, 2.24) is 14.7 Å². The Labute approximate surface area is 531 Å². The van der Waals surface area contributed by atoms with Gasteiger partial charge in [0.2, 0.25) is 0 Å². The van der Waals surface area contributed by atoms with Crippen LogP contribution in [0.5, 0.6) is 34.5 Å². The van der Waals surface area contributed by atoms with Gasteiger partial charge in [-0.05, 0) is 126 Å². The Hall–Kier alpha value is -4.65. The number of piperidine rings is 3. The second kappa shape index (κ2) is 26.7. The molecule has 8 unspecified atom stereocenters. The molecule has 8 atom stereocenters. The molecule has 0 spiro atoms. The Bertz CT molecular complexity index is 5210. The zero-order chi connectivity index (χ0) is 108. The third-order valence-corrected chi connectivity index (χ3v) is 10.1. The van der Waals surface area contributed by atoms with Gasteiger partial charge in [0.25, 0.3) is 0 Å². The Kier molecular flexibility index (Phi) is 6.01. The van der Waals surface area contributed by atoms with Gasteiger partial charge in [0.1, 0.15) is 17.3 Å². The summed E-state index contributed by atoms with van der Waals surface area (Å²) in [5.41, 5.74) is -8.26. The van der Waals surface area contributed by atoms with Crippen molar-refractivity contribution < 1.29 is 132 Å². The van der Waals surface area contributed by atoms with E-state index in [1.54, 1.807) is 0 Å². The number of ketones is 3. The van der Waals surface area contributed by atoms with E-state index in [2.05, 4.69) is 14.2 Å². The standard InChI is InChI=1S/2C20H29NO3.C19H27NO3.2CH4/c2*1-5-13(2)8-15-12-21-7-6-14-9-19(23-3)20(24-4)10-16(14)17(21)11-18(15)22;1-12(2)7-14-11-20-6-5-13-8-18(22-3)19(23-4)9-15(13)16(20)10-17(14)21;;/h2*9-10,13,15,17H,5-8,11-12H2,1-4H3;8-9,12,14,16H,5-7,10-11H2,1-4H3;2*1H4/i2D3,3D3,4D3,5D2,6D2,7D2,8D2,9D,10D,11D2,12D2,13D,15D,17D;2D3,3D3,4D3,5D2,6D2,7D2,8D2,9D,10D,13D,17D;3D3,4D3,5D2,6D2,8D,9D,10D2,11D2,14D,16D;;. The molecule has 3 aromatic carbocycles. The number of fused-ring (bicyclic) bond motifs is 9. The molecule has 0 radical (unpaired) electrons. The number of carbonyl (C=O) groups excluding carboxylic acids is 3. The normalized spacial score (nSPS) is 52.1. The predicted octanol–water partition coefficient (Wildman–Crippen LogP) is 11.8. The topological polar surface area (TPSA) is 116 Å². The average molecular weight is 1080 g/mol. The Balaban J connectivity index is 0.000000364. The molecule has 9 rings (SSSR count). The lowest BCUT2D eigenvalue weighted by Crippen LogP contribution is -2.46. The van der Waals surface area contributed by atoms with E-state index < -0.39 is 345 Å². The van der Waals surface area contributed by atoms with Crippen LogP contribution in [-0.4, -0.2) is 113 Å². The van der Waals surface area contributed by atoms with Crippen LogP contribution in [0.25, 0.3) is 0 Å². The maximum Gasteiger partial charge on any atom is 0.161 e. The quantitative estimate of drug-likeness (QED) is 0.153. The molecule has 3 fully saturated rings. The van der Waals surface area contributed by atoms with Crippen LogP contribution in [0.15, 0.2) is 36.3 Å². The maximum absolute atomic E-state index is 14.2. The minimum absolute atomic E-state index is 0. The van der Waals surface area contributed by atoms with Crippen LogP contribution in [0.2, 0.25) is 0 Å². The summed E-state index contributed by atoms with van der Waals surface area (Å²) in [6.45, 7) is -25.4. The van der Waals surface area contributed by atoms with Gasteiger partial charge in [-0.1, -0.05) is 69.0 Å². The number of carbonyl (C=O) groups is 3. The van der Waals surface area contributed by atoms with Crippen molar-refractivity contribution in [2.75, 3.05) is 81.3 Å². The molecule has 0 N–H and O–H groups in total. The van der Waals surface area contributed by atoms with Gasteiger partial charge in [-0.25, -0.2) is 0 Å². The fourth-order valence-corrected chi connectivity index (χ4v) is 6.78. The molecular weight excluding hydrogens is 919 g/mol. The Morgan fingerprint density at radius 1 is 0.603 bits per heavy atom. The molecule has 3 saturated heterocycles. The van der Waals surface area contributed by atoms with Gasteiger partial charge in [0.15, 0.2) is 34.5 Å². The first-order chi connectivity index (χ1) is 59.1. The molecule has 406 valence electrons. The zero-order valence-electron chi connectivity index (χ0n) is 102. The number of rotatable bonds is 14. The summed E-state index contributed by atoms with van der Waals surface area (Å²) in [6.07, 6.45) is -36.8. The zero-order valence-corrected chi connectivity index (χ0v) is 37.3. The summed E-state index contributed by atoms with van der Waals surface area (Å²) in [4.78, 5) is 40.6. The minimum atomic E-state index is -4.79. The van der Waals surface area contributed by atoms with Gasteiger partial charge in [-0.3, -0.25) is 29.1 Å². The number of Topliss-reactive ketones (excluding diaryl/α,β-unsaturated/α-hetero) is 3. The fraction of sp³-hybridized carbons (Fsp3) is 0.656. The molecular formula is C61H93N3O9. The summed E-state index contributed by atoms with van der Waals surface area (Å²) < 4.78 is 564. The molecule has 0 aromatic heterocycles. The predicted molar refractivity (Wildman–Crippen MR) is 293 cm³/mol. The van der Waals surface area contributed by atoms with Crippen molar-refractivity contribution in [2.24, 2.45) is 35.4 Å². The summed E-state index contributed by atoms with van der Waals surface area (Å²) in [7, 11) is -21.1. The second-order valence-corrected chi connectivity index (χ2v) is 15.0. The van der Waals surface area contributed by atoms with Gasteiger partial charge in [0.05, 0.1) is 79.2 Å². The van der Waals surface area contributed by atoms with Crippen LogP contribution in [0, 0.1) is 35.4 Å². The van der Waals surface area contributed by atoms with Crippen molar-refractivity contribution in [3.05, 3.63) is 69.6 Å². The van der Waals surface area contributed by atoms with Gasteiger partial charge in [-0.15, -0.1) is 0 Å². The van der Waals surface area contributed by atoms with Crippen LogP contribution in [0.3, 0.4) is 0 Å². The lowest BCUT2D eigenvalue weighted by molar-refractivity contribution is -0.130. The van der Waals surface area contributed by atoms with Crippen molar-refractivity contribution in [2.45, 2.75) is 145 Å². The highest BCUT2D eigenvalue weighted by Gasteiger charge is 2.41. The van der Waals surface area contributed by atoms with Crippen LogP contribution >= 0.6 is 0 Å². The van der Waals surface area contributed by atoms with E-state index in [9.17, 15) is 18.5 Å². The van der Waals surface area contributed by atoms with Crippen molar-refractivity contribution in [3.8, 4) is 34.5 Å². The van der Waals surface area contributed by atoms with Crippen molar-refractivity contribution >= 4 is 17.3 Å². The lowest BCUT2D eigenvalue weighted by Gasteiger charge is -2.43. The third-order valence-electron chi connectivity index (χ3n) is 10.1. The van der Waals surface area contributed by atoms with E-state index >= 15 is 0 Å². The molecule has 6 aliphatic heterocycles. The van der Waals surface area contributed by atoms with Gasteiger partial charge < -0.3 is 28.4 Å². The Morgan fingerprint density at radius 3 is 1.42 bits per heavy atom. The summed E-state index contributed by atoms with van der Waals surface area (Å²) in [6, 6.07) is -19.9. The van der Waals surface area contributed by atoms with E-state index in [4.69, 9.17) is 99.2 Å². The number of hydrogen-bond acceptors (Lipinski definition) is 12. The van der Waals surface area contributed by atoms with Gasteiger partial charge in [0, 0.05) is 146 Å². The minimum Gasteiger partial charge on any atom is -0.493 e. The molecule has 0 amide bonds. The van der Waals surface area contributed by atoms with E-state index in [0.29, 0.717) is 13.8 Å². The summed E-state index contributed by atoms with van der Waals surface area (Å²) in [5.74, 6) is -33.4. The molecule has 3 aromatic rings. The maximum atomic E-state index is 14.2. The summed E-state index contributed by atoms with van der Waals surface area (Å²) >= 11 is 0. The van der Waals surface area contributed by atoms with Crippen LogP contribution in [-0.2, 0) is 33.5 Å². The summed E-state index contributed by atoms with van der Waals surface area (Å²) in [5, 5.41) is 0. The highest BCUT2D eigenvalue weighted by Crippen LogP contribution is 2.46. The van der Waals surface area contributed by atoms with Gasteiger partial charge in [-0.2, -0.15) is 0 Å². The molecule has 12 heteroatoms. The first-order valence-corrected chi connectivity index (χ1v) is 20.3. The monoisotopic (exact) mass is 1080 g/mol. The lowest BCUT2D eigenvalue weighted by atomic mass is 9.79.